The van der Waals surface area contributed by atoms with E-state index in [4.69, 9.17) is 17.2 Å². The lowest BCUT2D eigenvalue weighted by molar-refractivity contribution is -0.392. The largest absolute Gasteiger partial charge is 0.439 e. The Labute approximate surface area is 233 Å². The Hall–Kier alpha value is -6.36. The number of hydrogen-bond acceptors (Lipinski definition) is 15. The van der Waals surface area contributed by atoms with Gasteiger partial charge in [-0.25, -0.2) is 43.0 Å². The molecular formula is C18H24N12O12. The van der Waals surface area contributed by atoms with Gasteiger partial charge in [-0.05, 0) is 14.8 Å². The summed E-state index contributed by atoms with van der Waals surface area (Å²) in [4.78, 5) is 71.3. The van der Waals surface area contributed by atoms with E-state index in [1.54, 1.807) is 0 Å². The third-order valence-corrected chi connectivity index (χ3v) is 4.77. The molecule has 0 spiro atoms. The Kier molecular flexibility index (Phi) is 12.3. The van der Waals surface area contributed by atoms with Crippen molar-refractivity contribution in [2.24, 2.45) is 38.3 Å². The van der Waals surface area contributed by atoms with E-state index in [0.29, 0.717) is 0 Å². The molecule has 3 heterocycles. The fourth-order valence-corrected chi connectivity index (χ4v) is 2.63. The zero-order valence-corrected chi connectivity index (χ0v) is 22.0. The summed E-state index contributed by atoms with van der Waals surface area (Å²) in [6, 6.07) is 0. The van der Waals surface area contributed by atoms with E-state index < -0.39 is 33.0 Å². The van der Waals surface area contributed by atoms with Crippen LogP contribution in [0.15, 0.2) is 18.6 Å². The van der Waals surface area contributed by atoms with Crippen molar-refractivity contribution < 1.29 is 43.4 Å². The fraction of sp³-hybridized carbons (Fsp3) is 0.333. The second-order valence-electron chi connectivity index (χ2n) is 7.37. The molecular weight excluding hydrogens is 576 g/mol. The van der Waals surface area contributed by atoms with E-state index in [-0.39, 0.29) is 54.7 Å². The summed E-state index contributed by atoms with van der Waals surface area (Å²) in [5, 5.41) is 31.2. The summed E-state index contributed by atoms with van der Waals surface area (Å²) < 4.78 is 16.9. The average molecular weight is 600 g/mol. The molecule has 0 aliphatic carbocycles. The van der Waals surface area contributed by atoms with Crippen LogP contribution in [0.25, 0.3) is 0 Å². The van der Waals surface area contributed by atoms with Gasteiger partial charge in [-0.1, -0.05) is 0 Å². The number of nitrogens with zero attached hydrogens (tertiary/aromatic N) is 9. The molecule has 0 aliphatic heterocycles. The molecule has 0 unspecified atom stereocenters. The predicted molar refractivity (Wildman–Crippen MR) is 133 cm³/mol. The number of carbonyl (C=O) groups excluding carboxylic acids is 3. The molecule has 3 aromatic heterocycles. The van der Waals surface area contributed by atoms with Crippen molar-refractivity contribution in [3.05, 3.63) is 66.4 Å². The minimum atomic E-state index is -0.948. The van der Waals surface area contributed by atoms with E-state index in [9.17, 15) is 44.7 Å². The molecule has 0 aliphatic rings. The molecule has 0 fully saturated rings. The summed E-state index contributed by atoms with van der Waals surface area (Å²) in [6.07, 6.45) is 0.404. The number of rotatable bonds is 9. The number of imidazole rings is 3. The van der Waals surface area contributed by atoms with Gasteiger partial charge in [0.25, 0.3) is 0 Å². The molecule has 42 heavy (non-hydrogen) atoms. The van der Waals surface area contributed by atoms with E-state index in [2.05, 4.69) is 29.2 Å². The van der Waals surface area contributed by atoms with E-state index >= 15 is 0 Å². The van der Waals surface area contributed by atoms with Crippen molar-refractivity contribution in [1.82, 2.24) is 28.7 Å². The number of ether oxygens (including phenoxy) is 3. The highest BCUT2D eigenvalue weighted by molar-refractivity contribution is 5.65. The van der Waals surface area contributed by atoms with Gasteiger partial charge in [0.05, 0.1) is 21.1 Å². The number of carbonyl (C=O) groups is 3. The standard InChI is InChI=1S/3C6H8N4O4/c3*1-9-4(3-14-6(7)11)8-2-5(9)10(12)13/h3*2H,3H2,1H3,(H2,7,11). The van der Waals surface area contributed by atoms with Crippen LogP contribution in [0.4, 0.5) is 31.8 Å². The maximum absolute atomic E-state index is 10.4. The highest BCUT2D eigenvalue weighted by atomic mass is 16.6. The Morgan fingerprint density at radius 1 is 0.619 bits per heavy atom. The van der Waals surface area contributed by atoms with Gasteiger partial charge in [-0.3, -0.25) is 0 Å². The van der Waals surface area contributed by atoms with Gasteiger partial charge < -0.3 is 61.8 Å². The first-order chi connectivity index (χ1) is 19.6. The summed E-state index contributed by atoms with van der Waals surface area (Å²) in [7, 11) is 4.35. The Morgan fingerprint density at radius 2 is 0.833 bits per heavy atom. The molecule has 3 amide bonds. The van der Waals surface area contributed by atoms with Crippen molar-refractivity contribution in [3.8, 4) is 0 Å². The van der Waals surface area contributed by atoms with Gasteiger partial charge in [0.2, 0.25) is 17.5 Å². The van der Waals surface area contributed by atoms with Gasteiger partial charge >= 0.3 is 35.7 Å². The lowest BCUT2D eigenvalue weighted by atomic mass is 10.6. The molecule has 0 saturated heterocycles. The van der Waals surface area contributed by atoms with E-state index in [1.807, 2.05) is 0 Å². The molecule has 24 heteroatoms. The zero-order chi connectivity index (χ0) is 32.1. The first-order valence-corrected chi connectivity index (χ1v) is 10.8. The Balaban J connectivity index is 0.000000315. The molecule has 0 aromatic carbocycles. The summed E-state index contributed by atoms with van der Waals surface area (Å²) in [6.45, 7) is -0.543. The SMILES string of the molecule is Cn1c([N+](=O)[O-])cnc1COC(N)=O.Cn1c([N+](=O)[O-])cnc1COC(N)=O.Cn1c([N+](=O)[O-])cnc1COC(N)=O. The molecule has 3 rings (SSSR count). The second kappa shape index (κ2) is 15.3. The molecule has 6 N–H and O–H groups in total. The molecule has 228 valence electrons. The molecule has 0 saturated carbocycles. The van der Waals surface area contributed by atoms with E-state index in [1.165, 1.54) is 34.8 Å². The van der Waals surface area contributed by atoms with Crippen LogP contribution in [0.5, 0.6) is 0 Å². The van der Waals surface area contributed by atoms with Crippen LogP contribution in [0.2, 0.25) is 0 Å². The smallest absolute Gasteiger partial charge is 0.405 e. The topological polar surface area (TPSA) is 340 Å². The van der Waals surface area contributed by atoms with Crippen LogP contribution >= 0.6 is 0 Å². The van der Waals surface area contributed by atoms with Crippen molar-refractivity contribution in [3.63, 3.8) is 0 Å². The van der Waals surface area contributed by atoms with Crippen LogP contribution < -0.4 is 17.2 Å². The molecule has 24 nitrogen and oxygen atoms in total. The number of hydrogen-bond donors (Lipinski definition) is 3. The summed E-state index contributed by atoms with van der Waals surface area (Å²) in [5.74, 6) is 0.260. The predicted octanol–water partition coefficient (Wildman–Crippen LogP) is -0.229. The van der Waals surface area contributed by atoms with Crippen molar-refractivity contribution in [1.29, 1.82) is 0 Å². The normalized spacial score (nSPS) is 9.79. The number of amides is 3. The van der Waals surface area contributed by atoms with E-state index in [0.717, 1.165) is 18.6 Å². The highest BCUT2D eigenvalue weighted by Gasteiger charge is 2.18. The van der Waals surface area contributed by atoms with Crippen molar-refractivity contribution in [2.45, 2.75) is 19.8 Å². The summed E-state index contributed by atoms with van der Waals surface area (Å²) >= 11 is 0. The minimum Gasteiger partial charge on any atom is -0.439 e. The fourth-order valence-electron chi connectivity index (χ4n) is 2.63. The summed E-state index contributed by atoms with van der Waals surface area (Å²) in [5.41, 5.74) is 14.2. The van der Waals surface area contributed by atoms with Gasteiger partial charge in [0.15, 0.2) is 19.8 Å². The van der Waals surface area contributed by atoms with Crippen LogP contribution in [-0.4, -0.2) is 61.7 Å². The average Bonchev–Trinajstić information content (AvgIpc) is 3.57. The molecule has 0 radical (unpaired) electrons. The second-order valence-corrected chi connectivity index (χ2v) is 7.37. The van der Waals surface area contributed by atoms with Crippen molar-refractivity contribution >= 4 is 35.7 Å². The number of nitro groups is 3. The highest BCUT2D eigenvalue weighted by Crippen LogP contribution is 2.13. The Morgan fingerprint density at radius 3 is 0.976 bits per heavy atom. The maximum Gasteiger partial charge on any atom is 0.405 e. The van der Waals surface area contributed by atoms with Crippen LogP contribution in [0.1, 0.15) is 17.5 Å². The minimum absolute atomic E-state index is 0.173. The first kappa shape index (κ1) is 33.7. The zero-order valence-electron chi connectivity index (χ0n) is 22.0. The third-order valence-electron chi connectivity index (χ3n) is 4.77. The van der Waals surface area contributed by atoms with Gasteiger partial charge in [-0.2, -0.15) is 0 Å². The molecule has 0 bridgehead atoms. The lowest BCUT2D eigenvalue weighted by Gasteiger charge is -1.98. The maximum atomic E-state index is 10.4. The first-order valence-electron chi connectivity index (χ1n) is 10.8. The quantitative estimate of drug-likeness (QED) is 0.162. The molecule has 3 aromatic rings. The van der Waals surface area contributed by atoms with Crippen LogP contribution in [0.3, 0.4) is 0 Å². The van der Waals surface area contributed by atoms with Gasteiger partial charge in [0.1, 0.15) is 18.6 Å². The van der Waals surface area contributed by atoms with Gasteiger partial charge in [0, 0.05) is 0 Å². The number of aromatic nitrogens is 6. The van der Waals surface area contributed by atoms with Crippen LogP contribution in [0, 0.1) is 30.3 Å². The Bertz CT molecular complexity index is 1290. The lowest BCUT2D eigenvalue weighted by Crippen LogP contribution is -2.14. The van der Waals surface area contributed by atoms with Gasteiger partial charge in [-0.15, -0.1) is 0 Å². The number of primary amides is 3. The van der Waals surface area contributed by atoms with Crippen molar-refractivity contribution in [2.75, 3.05) is 0 Å². The molecule has 0 atom stereocenters. The monoisotopic (exact) mass is 600 g/mol. The third kappa shape index (κ3) is 10.1. The number of nitrogens with two attached hydrogens (primary N) is 3. The van der Waals surface area contributed by atoms with Crippen LogP contribution in [-0.2, 0) is 55.2 Å².